The van der Waals surface area contributed by atoms with Crippen LogP contribution in [0.1, 0.15) is 50.8 Å². The number of carbonyl (C=O) groups excluding carboxylic acids is 2. The van der Waals surface area contributed by atoms with Crippen molar-refractivity contribution in [1.82, 2.24) is 10.6 Å². The summed E-state index contributed by atoms with van der Waals surface area (Å²) < 4.78 is 0. The zero-order valence-corrected chi connectivity index (χ0v) is 18.2. The van der Waals surface area contributed by atoms with Gasteiger partial charge in [-0.25, -0.2) is 0 Å². The number of benzene rings is 2. The second-order valence-electron chi connectivity index (χ2n) is 7.74. The van der Waals surface area contributed by atoms with Crippen molar-refractivity contribution in [3.8, 4) is 0 Å². The predicted molar refractivity (Wildman–Crippen MR) is 123 cm³/mol. The van der Waals surface area contributed by atoms with Crippen LogP contribution in [0.2, 0.25) is 0 Å². The lowest BCUT2D eigenvalue weighted by Crippen LogP contribution is -2.38. The Morgan fingerprint density at radius 2 is 1.84 bits per heavy atom. The van der Waals surface area contributed by atoms with Crippen LogP contribution in [0.3, 0.4) is 0 Å². The summed E-state index contributed by atoms with van der Waals surface area (Å²) in [6.45, 7) is -0.228. The van der Waals surface area contributed by atoms with Crippen LogP contribution in [-0.2, 0) is 17.6 Å². The number of hydrogen-bond acceptors (Lipinski definition) is 5. The van der Waals surface area contributed by atoms with Gasteiger partial charge < -0.3 is 10.6 Å². The van der Waals surface area contributed by atoms with Gasteiger partial charge in [-0.2, -0.15) is 0 Å². The molecule has 3 aromatic rings. The van der Waals surface area contributed by atoms with E-state index in [0.29, 0.717) is 0 Å². The topological polar surface area (TPSA) is 101 Å². The molecule has 0 spiro atoms. The molecule has 0 fully saturated rings. The monoisotopic (exact) mass is 449 g/mol. The number of nitrogens with zero attached hydrogens (tertiary/aromatic N) is 1. The SMILES string of the molecule is O=C(CNC(=O)c1cccc([N+](=O)[O-])c1)NC(c1ccc2c(c1)CCCC2)c1cccs1. The van der Waals surface area contributed by atoms with E-state index in [4.69, 9.17) is 0 Å². The minimum atomic E-state index is -0.562. The van der Waals surface area contributed by atoms with Gasteiger partial charge in [-0.3, -0.25) is 19.7 Å². The number of carbonyl (C=O) groups is 2. The molecule has 1 unspecified atom stereocenters. The molecule has 164 valence electrons. The maximum Gasteiger partial charge on any atom is 0.270 e. The summed E-state index contributed by atoms with van der Waals surface area (Å²) in [5.74, 6) is -0.870. The molecule has 1 aliphatic rings. The van der Waals surface area contributed by atoms with Gasteiger partial charge in [0.05, 0.1) is 17.5 Å². The van der Waals surface area contributed by atoms with Crippen LogP contribution in [0, 0.1) is 10.1 Å². The number of rotatable bonds is 7. The summed E-state index contributed by atoms with van der Waals surface area (Å²) >= 11 is 1.56. The number of non-ortho nitro benzene ring substituents is 1. The molecule has 1 aromatic heterocycles. The summed E-state index contributed by atoms with van der Waals surface area (Å²) in [6, 6.07) is 15.4. The van der Waals surface area contributed by atoms with E-state index in [-0.39, 0.29) is 29.7 Å². The third kappa shape index (κ3) is 5.03. The van der Waals surface area contributed by atoms with E-state index in [1.54, 1.807) is 11.3 Å². The van der Waals surface area contributed by atoms with Gasteiger partial charge in [0.15, 0.2) is 0 Å². The van der Waals surface area contributed by atoms with E-state index < -0.39 is 10.8 Å². The summed E-state index contributed by atoms with van der Waals surface area (Å²) in [6.07, 6.45) is 4.53. The van der Waals surface area contributed by atoms with Gasteiger partial charge in [-0.15, -0.1) is 11.3 Å². The molecule has 0 aliphatic heterocycles. The Bertz CT molecular complexity index is 1140. The highest BCUT2D eigenvalue weighted by atomic mass is 32.1. The number of amides is 2. The third-order valence-corrected chi connectivity index (χ3v) is 6.50. The van der Waals surface area contributed by atoms with E-state index in [0.717, 1.165) is 23.3 Å². The number of nitrogens with one attached hydrogen (secondary N) is 2. The molecule has 32 heavy (non-hydrogen) atoms. The number of nitro groups is 1. The summed E-state index contributed by atoms with van der Waals surface area (Å²) in [5.41, 5.74) is 3.69. The van der Waals surface area contributed by atoms with E-state index in [2.05, 4.69) is 28.8 Å². The van der Waals surface area contributed by atoms with E-state index in [9.17, 15) is 19.7 Å². The molecule has 2 N–H and O–H groups in total. The second-order valence-corrected chi connectivity index (χ2v) is 8.72. The van der Waals surface area contributed by atoms with Crippen LogP contribution in [0.4, 0.5) is 5.69 Å². The Hall–Kier alpha value is -3.52. The Kier molecular flexibility index (Phi) is 6.61. The average molecular weight is 450 g/mol. The van der Waals surface area contributed by atoms with Crippen LogP contribution in [-0.4, -0.2) is 23.3 Å². The predicted octanol–water partition coefficient (Wildman–Crippen LogP) is 4.17. The van der Waals surface area contributed by atoms with E-state index in [1.165, 1.54) is 48.2 Å². The molecule has 2 aromatic carbocycles. The number of thiophene rings is 1. The zero-order valence-electron chi connectivity index (χ0n) is 17.4. The molecule has 1 atom stereocenters. The normalized spacial score (nSPS) is 13.6. The van der Waals surface area contributed by atoms with Gasteiger partial charge in [0.2, 0.25) is 5.91 Å². The minimum absolute atomic E-state index is 0.136. The van der Waals surface area contributed by atoms with Gasteiger partial charge in [0.25, 0.3) is 11.6 Å². The fraction of sp³-hybridized carbons (Fsp3) is 0.250. The average Bonchev–Trinajstić information content (AvgIpc) is 3.35. The van der Waals surface area contributed by atoms with Gasteiger partial charge >= 0.3 is 0 Å². The molecule has 0 bridgehead atoms. The van der Waals surface area contributed by atoms with Crippen LogP contribution in [0.25, 0.3) is 0 Å². The molecule has 8 heteroatoms. The molecule has 2 amide bonds. The first-order valence-electron chi connectivity index (χ1n) is 10.5. The van der Waals surface area contributed by atoms with Gasteiger partial charge in [0.1, 0.15) is 0 Å². The van der Waals surface area contributed by atoms with E-state index >= 15 is 0 Å². The lowest BCUT2D eigenvalue weighted by Gasteiger charge is -2.22. The van der Waals surface area contributed by atoms with Gasteiger partial charge in [0, 0.05) is 22.6 Å². The number of nitro benzene ring substituents is 1. The van der Waals surface area contributed by atoms with Crippen molar-refractivity contribution in [2.45, 2.75) is 31.7 Å². The van der Waals surface area contributed by atoms with Crippen LogP contribution < -0.4 is 10.6 Å². The molecular weight excluding hydrogens is 426 g/mol. The number of hydrogen-bond donors (Lipinski definition) is 2. The lowest BCUT2D eigenvalue weighted by molar-refractivity contribution is -0.384. The van der Waals surface area contributed by atoms with E-state index in [1.807, 2.05) is 17.5 Å². The first-order valence-corrected chi connectivity index (χ1v) is 11.4. The van der Waals surface area contributed by atoms with Crippen molar-refractivity contribution in [1.29, 1.82) is 0 Å². The van der Waals surface area contributed by atoms with Crippen molar-refractivity contribution < 1.29 is 14.5 Å². The lowest BCUT2D eigenvalue weighted by atomic mass is 9.89. The van der Waals surface area contributed by atoms with Crippen molar-refractivity contribution >= 4 is 28.8 Å². The minimum Gasteiger partial charge on any atom is -0.343 e. The van der Waals surface area contributed by atoms with Crippen molar-refractivity contribution in [2.24, 2.45) is 0 Å². The van der Waals surface area contributed by atoms with Crippen molar-refractivity contribution in [3.05, 3.63) is 97.2 Å². The number of fused-ring (bicyclic) bond motifs is 1. The van der Waals surface area contributed by atoms with Gasteiger partial charge in [-0.05, 0) is 59.9 Å². The first-order chi connectivity index (χ1) is 15.5. The Labute approximate surface area is 189 Å². The molecular formula is C24H23N3O4S. The highest BCUT2D eigenvalue weighted by Crippen LogP contribution is 2.30. The molecule has 7 nitrogen and oxygen atoms in total. The smallest absolute Gasteiger partial charge is 0.270 e. The van der Waals surface area contributed by atoms with Gasteiger partial charge in [-0.1, -0.05) is 30.3 Å². The molecule has 1 aliphatic carbocycles. The first kappa shape index (κ1) is 21.7. The maximum atomic E-state index is 12.7. The molecule has 4 rings (SSSR count). The molecule has 0 saturated heterocycles. The fourth-order valence-corrected chi connectivity index (χ4v) is 4.75. The molecule has 0 saturated carbocycles. The van der Waals surface area contributed by atoms with Crippen LogP contribution >= 0.6 is 11.3 Å². The zero-order chi connectivity index (χ0) is 22.5. The highest BCUT2D eigenvalue weighted by molar-refractivity contribution is 7.10. The third-order valence-electron chi connectivity index (χ3n) is 5.57. The summed E-state index contributed by atoms with van der Waals surface area (Å²) in [5, 5.41) is 18.5. The van der Waals surface area contributed by atoms with Crippen LogP contribution in [0.5, 0.6) is 0 Å². The standard InChI is InChI=1S/C24H23N3O4S/c28-22(15-25-24(29)19-7-3-8-20(14-19)27(30)31)26-23(21-9-4-12-32-21)18-11-10-16-5-1-2-6-17(16)13-18/h3-4,7-14,23H,1-2,5-6,15H2,(H,25,29)(H,26,28). The molecule has 0 radical (unpaired) electrons. The maximum absolute atomic E-state index is 12.7. The fourth-order valence-electron chi connectivity index (χ4n) is 3.94. The Morgan fingerprint density at radius 3 is 2.59 bits per heavy atom. The Morgan fingerprint density at radius 1 is 1.03 bits per heavy atom. The highest BCUT2D eigenvalue weighted by Gasteiger charge is 2.21. The second kappa shape index (κ2) is 9.74. The van der Waals surface area contributed by atoms with Crippen LogP contribution in [0.15, 0.2) is 60.0 Å². The molecule has 1 heterocycles. The summed E-state index contributed by atoms with van der Waals surface area (Å²) in [7, 11) is 0. The number of aryl methyl sites for hydroxylation is 2. The quantitative estimate of drug-likeness (QED) is 0.417. The van der Waals surface area contributed by atoms with Crippen molar-refractivity contribution in [2.75, 3.05) is 6.54 Å². The Balaban J connectivity index is 1.45. The largest absolute Gasteiger partial charge is 0.343 e. The summed E-state index contributed by atoms with van der Waals surface area (Å²) in [4.78, 5) is 36.4. The van der Waals surface area contributed by atoms with Crippen molar-refractivity contribution in [3.63, 3.8) is 0 Å².